The molecule has 5 heteroatoms. The molecule has 0 radical (unpaired) electrons. The molecule has 0 spiro atoms. The normalized spacial score (nSPS) is 11.3. The molecule has 0 unspecified atom stereocenters. The highest BCUT2D eigenvalue weighted by Crippen LogP contribution is 2.39. The molecule has 0 N–H and O–H groups in total. The predicted octanol–water partition coefficient (Wildman–Crippen LogP) is 7.49. The van der Waals surface area contributed by atoms with Crippen molar-refractivity contribution in [2.24, 2.45) is 0 Å². The third-order valence-corrected chi connectivity index (χ3v) is 6.08. The van der Waals surface area contributed by atoms with Gasteiger partial charge in [-0.25, -0.2) is 9.97 Å². The number of hydrogen-bond donors (Lipinski definition) is 0. The van der Waals surface area contributed by atoms with E-state index in [0.29, 0.717) is 5.02 Å². The fraction of sp³-hybridized carbons (Fsp3) is 0. The molecule has 0 atom stereocenters. The molecule has 27 heavy (non-hydrogen) atoms. The number of nitrogens with zero attached hydrogens (tertiary/aromatic N) is 2. The topological polar surface area (TPSA) is 25.8 Å². The van der Waals surface area contributed by atoms with Crippen molar-refractivity contribution in [3.05, 3.63) is 83.1 Å². The first-order valence-electron chi connectivity index (χ1n) is 8.40. The first-order valence-corrected chi connectivity index (χ1v) is 9.97. The summed E-state index contributed by atoms with van der Waals surface area (Å²) >= 11 is 14.1. The average Bonchev–Trinajstić information content (AvgIpc) is 3.06. The third-order valence-electron chi connectivity index (χ3n) is 4.51. The van der Waals surface area contributed by atoms with E-state index in [1.165, 1.54) is 11.1 Å². The van der Waals surface area contributed by atoms with Crippen LogP contribution in [-0.2, 0) is 0 Å². The third kappa shape index (κ3) is 2.98. The van der Waals surface area contributed by atoms with E-state index in [0.717, 1.165) is 31.6 Å². The summed E-state index contributed by atoms with van der Waals surface area (Å²) < 4.78 is 2.14. The average molecular weight is 407 g/mol. The summed E-state index contributed by atoms with van der Waals surface area (Å²) in [5.41, 5.74) is 5.06. The van der Waals surface area contributed by atoms with E-state index in [1.54, 1.807) is 11.3 Å². The van der Waals surface area contributed by atoms with Crippen molar-refractivity contribution in [1.29, 1.82) is 0 Å². The van der Waals surface area contributed by atoms with Crippen LogP contribution in [-0.4, -0.2) is 9.97 Å². The second-order valence-electron chi connectivity index (χ2n) is 6.20. The largest absolute Gasteiger partial charge is 0.223 e. The quantitative estimate of drug-likeness (QED) is 0.283. The summed E-state index contributed by atoms with van der Waals surface area (Å²) in [6, 6.07) is 24.5. The Kier molecular flexibility index (Phi) is 4.09. The Hall–Kier alpha value is -2.46. The highest BCUT2D eigenvalue weighted by atomic mass is 35.5. The van der Waals surface area contributed by atoms with Crippen molar-refractivity contribution in [3.63, 3.8) is 0 Å². The summed E-state index contributed by atoms with van der Waals surface area (Å²) in [5.74, 6) is 0. The molecule has 0 saturated carbocycles. The molecule has 0 aliphatic heterocycles. The van der Waals surface area contributed by atoms with E-state index in [9.17, 15) is 0 Å². The zero-order valence-electron chi connectivity index (χ0n) is 14.0. The van der Waals surface area contributed by atoms with Gasteiger partial charge in [-0.1, -0.05) is 66.2 Å². The minimum atomic E-state index is 0.240. The maximum Gasteiger partial charge on any atom is 0.223 e. The van der Waals surface area contributed by atoms with E-state index >= 15 is 0 Å². The number of halogens is 2. The van der Waals surface area contributed by atoms with Crippen LogP contribution < -0.4 is 0 Å². The monoisotopic (exact) mass is 406 g/mol. The van der Waals surface area contributed by atoms with Crippen LogP contribution in [0.25, 0.3) is 42.7 Å². The molecule has 0 amide bonds. The van der Waals surface area contributed by atoms with Gasteiger partial charge in [0.15, 0.2) is 0 Å². The molecule has 3 aromatic carbocycles. The maximum absolute atomic E-state index is 6.25. The Labute approximate surface area is 170 Å². The summed E-state index contributed by atoms with van der Waals surface area (Å²) in [4.78, 5) is 8.99. The number of rotatable bonds is 2. The van der Waals surface area contributed by atoms with Gasteiger partial charge in [0.25, 0.3) is 0 Å². The van der Waals surface area contributed by atoms with Crippen LogP contribution in [0.4, 0.5) is 0 Å². The lowest BCUT2D eigenvalue weighted by molar-refractivity contribution is 1.24. The van der Waals surface area contributed by atoms with Crippen LogP contribution in [0.2, 0.25) is 10.3 Å². The summed E-state index contributed by atoms with van der Waals surface area (Å²) in [5, 5.41) is 1.93. The molecule has 5 aromatic rings. The molecule has 130 valence electrons. The SMILES string of the molecule is Clc1ccc2sc3c(-c4ccc(-c5ccccc5)cc4)nc(Cl)nc3c2c1. The highest BCUT2D eigenvalue weighted by molar-refractivity contribution is 7.26. The van der Waals surface area contributed by atoms with E-state index < -0.39 is 0 Å². The van der Waals surface area contributed by atoms with Gasteiger partial charge in [-0.15, -0.1) is 11.3 Å². The fourth-order valence-electron chi connectivity index (χ4n) is 3.24. The van der Waals surface area contributed by atoms with Gasteiger partial charge in [-0.05, 0) is 40.9 Å². The zero-order valence-corrected chi connectivity index (χ0v) is 16.3. The van der Waals surface area contributed by atoms with Crippen molar-refractivity contribution < 1.29 is 0 Å². The molecule has 2 nitrogen and oxygen atoms in total. The summed E-state index contributed by atoms with van der Waals surface area (Å²) in [7, 11) is 0. The molecule has 0 fully saturated rings. The van der Waals surface area contributed by atoms with Crippen molar-refractivity contribution in [3.8, 4) is 22.4 Å². The van der Waals surface area contributed by atoms with Gasteiger partial charge in [-0.2, -0.15) is 0 Å². The van der Waals surface area contributed by atoms with E-state index in [-0.39, 0.29) is 5.28 Å². The Morgan fingerprint density at radius 3 is 2.19 bits per heavy atom. The molecule has 0 bridgehead atoms. The highest BCUT2D eigenvalue weighted by Gasteiger charge is 2.15. The van der Waals surface area contributed by atoms with Crippen LogP contribution >= 0.6 is 34.5 Å². The smallest absolute Gasteiger partial charge is 0.216 e. The molecule has 2 aromatic heterocycles. The number of thiophene rings is 1. The molecule has 0 aliphatic rings. The Bertz CT molecular complexity index is 1280. The van der Waals surface area contributed by atoms with Crippen LogP contribution in [0.3, 0.4) is 0 Å². The minimum absolute atomic E-state index is 0.240. The maximum atomic E-state index is 6.25. The van der Waals surface area contributed by atoms with Gasteiger partial charge in [0.2, 0.25) is 5.28 Å². The number of fused-ring (bicyclic) bond motifs is 3. The van der Waals surface area contributed by atoms with Crippen LogP contribution in [0.15, 0.2) is 72.8 Å². The zero-order chi connectivity index (χ0) is 18.4. The van der Waals surface area contributed by atoms with Gasteiger partial charge in [-0.3, -0.25) is 0 Å². The summed E-state index contributed by atoms with van der Waals surface area (Å²) in [6.45, 7) is 0. The predicted molar refractivity (Wildman–Crippen MR) is 116 cm³/mol. The Balaban J connectivity index is 1.69. The van der Waals surface area contributed by atoms with Crippen molar-refractivity contribution in [1.82, 2.24) is 9.97 Å². The lowest BCUT2D eigenvalue weighted by Crippen LogP contribution is -1.89. The van der Waals surface area contributed by atoms with E-state index in [1.807, 2.05) is 36.4 Å². The molecule has 5 rings (SSSR count). The van der Waals surface area contributed by atoms with Crippen molar-refractivity contribution >= 4 is 54.8 Å². The van der Waals surface area contributed by atoms with Crippen LogP contribution in [0, 0.1) is 0 Å². The van der Waals surface area contributed by atoms with Crippen LogP contribution in [0.5, 0.6) is 0 Å². The van der Waals surface area contributed by atoms with Gasteiger partial charge < -0.3 is 0 Å². The number of hydrogen-bond acceptors (Lipinski definition) is 3. The second-order valence-corrected chi connectivity index (χ2v) is 8.03. The van der Waals surface area contributed by atoms with Crippen LogP contribution in [0.1, 0.15) is 0 Å². The van der Waals surface area contributed by atoms with Crippen molar-refractivity contribution in [2.75, 3.05) is 0 Å². The lowest BCUT2D eigenvalue weighted by Gasteiger charge is -2.06. The van der Waals surface area contributed by atoms with Crippen molar-refractivity contribution in [2.45, 2.75) is 0 Å². The lowest BCUT2D eigenvalue weighted by atomic mass is 10.0. The molecule has 0 aliphatic carbocycles. The summed E-state index contributed by atoms with van der Waals surface area (Å²) in [6.07, 6.45) is 0. The molecule has 0 saturated heterocycles. The van der Waals surface area contributed by atoms with Gasteiger partial charge >= 0.3 is 0 Å². The number of aromatic nitrogens is 2. The second kappa shape index (κ2) is 6.61. The minimum Gasteiger partial charge on any atom is -0.216 e. The van der Waals surface area contributed by atoms with E-state index in [4.69, 9.17) is 23.2 Å². The first-order chi connectivity index (χ1) is 13.2. The first kappa shape index (κ1) is 16.7. The fourth-order valence-corrected chi connectivity index (χ4v) is 4.71. The Morgan fingerprint density at radius 2 is 1.41 bits per heavy atom. The Morgan fingerprint density at radius 1 is 0.704 bits per heavy atom. The van der Waals surface area contributed by atoms with Gasteiger partial charge in [0.05, 0.1) is 15.9 Å². The molecular weight excluding hydrogens is 395 g/mol. The standard InChI is InChI=1S/C22H12Cl2N2S/c23-16-10-11-18-17(12-16)20-21(27-18)19(25-22(24)26-20)15-8-6-14(7-9-15)13-4-2-1-3-5-13/h1-12H. The van der Waals surface area contributed by atoms with Gasteiger partial charge in [0.1, 0.15) is 0 Å². The number of benzene rings is 3. The molecular formula is C22H12Cl2N2S. The molecule has 2 heterocycles. The van der Waals surface area contributed by atoms with Gasteiger partial charge in [0, 0.05) is 20.7 Å². The van der Waals surface area contributed by atoms with E-state index in [2.05, 4.69) is 46.4 Å².